The van der Waals surface area contributed by atoms with Crippen LogP contribution in [0.3, 0.4) is 0 Å². The first kappa shape index (κ1) is 17.5. The van der Waals surface area contributed by atoms with Crippen LogP contribution in [0.25, 0.3) is 16.2 Å². The minimum Gasteiger partial charge on any atom is -0.466 e. The third-order valence-electron chi connectivity index (χ3n) is 3.29. The first-order valence-electron chi connectivity index (χ1n) is 7.33. The van der Waals surface area contributed by atoms with Crippen molar-refractivity contribution in [3.8, 4) is 11.3 Å². The number of nitrogens with zero attached hydrogens (tertiary/aromatic N) is 3. The smallest absolute Gasteiger partial charge is 0.302 e. The van der Waals surface area contributed by atoms with E-state index in [4.69, 9.17) is 4.74 Å². The summed E-state index contributed by atoms with van der Waals surface area (Å²) in [6, 6.07) is 5.84. The lowest BCUT2D eigenvalue weighted by Crippen LogP contribution is -2.10. The Morgan fingerprint density at radius 3 is 2.68 bits per heavy atom. The van der Waals surface area contributed by atoms with Crippen LogP contribution in [0, 0.1) is 5.82 Å². The molecule has 0 radical (unpaired) electrons. The number of hydrogen-bond donors (Lipinski definition) is 0. The molecular weight excluding hydrogens is 369 g/mol. The van der Waals surface area contributed by atoms with Gasteiger partial charge >= 0.3 is 5.97 Å². The summed E-state index contributed by atoms with van der Waals surface area (Å²) in [6.07, 6.45) is 1.79. The molecule has 1 aromatic carbocycles. The minimum atomic E-state index is -3.57. The average Bonchev–Trinajstić information content (AvgIpc) is 3.11. The van der Waals surface area contributed by atoms with Crippen molar-refractivity contribution in [1.29, 1.82) is 0 Å². The zero-order chi connectivity index (χ0) is 18.0. The molecule has 0 spiro atoms. The fourth-order valence-electron chi connectivity index (χ4n) is 2.12. The van der Waals surface area contributed by atoms with E-state index in [1.54, 1.807) is 18.3 Å². The van der Waals surface area contributed by atoms with Crippen LogP contribution < -0.4 is 0 Å². The van der Waals surface area contributed by atoms with Gasteiger partial charge in [-0.15, -0.1) is 5.10 Å². The van der Waals surface area contributed by atoms with Crippen LogP contribution in [0.2, 0.25) is 0 Å². The third kappa shape index (κ3) is 4.02. The first-order valence-corrected chi connectivity index (χ1v) is 9.80. The SMILES string of the molecule is CC(=O)OCCCS(=O)(=O)c1nn2cc(-c3ccc(F)cc3)nc2s1. The molecule has 0 aliphatic rings. The van der Waals surface area contributed by atoms with Crippen molar-refractivity contribution in [1.82, 2.24) is 14.6 Å². The minimum absolute atomic E-state index is 0.0384. The molecule has 2 heterocycles. The third-order valence-corrected chi connectivity index (χ3v) is 6.46. The van der Waals surface area contributed by atoms with E-state index in [0.29, 0.717) is 16.2 Å². The second-order valence-corrected chi connectivity index (χ2v) is 8.48. The number of carbonyl (C=O) groups is 1. The Kier molecular flexibility index (Phi) is 4.82. The van der Waals surface area contributed by atoms with Crippen LogP contribution in [-0.4, -0.2) is 41.3 Å². The molecule has 0 atom stereocenters. The monoisotopic (exact) mass is 383 g/mol. The summed E-state index contributed by atoms with van der Waals surface area (Å²) in [6.45, 7) is 1.31. The lowest BCUT2D eigenvalue weighted by Gasteiger charge is -2.01. The van der Waals surface area contributed by atoms with Crippen molar-refractivity contribution >= 4 is 32.1 Å². The highest BCUT2D eigenvalue weighted by Crippen LogP contribution is 2.25. The van der Waals surface area contributed by atoms with Gasteiger partial charge in [0.05, 0.1) is 24.3 Å². The molecular formula is C15H14FN3O4S2. The lowest BCUT2D eigenvalue weighted by molar-refractivity contribution is -0.140. The molecule has 0 unspecified atom stereocenters. The van der Waals surface area contributed by atoms with Gasteiger partial charge < -0.3 is 4.74 Å². The number of esters is 1. The van der Waals surface area contributed by atoms with Crippen molar-refractivity contribution in [3.63, 3.8) is 0 Å². The fourth-order valence-corrected chi connectivity index (χ4v) is 4.60. The van der Waals surface area contributed by atoms with E-state index in [1.807, 2.05) is 0 Å². The van der Waals surface area contributed by atoms with E-state index < -0.39 is 15.8 Å². The Labute approximate surface area is 147 Å². The zero-order valence-electron chi connectivity index (χ0n) is 13.2. The molecule has 0 saturated carbocycles. The molecule has 0 saturated heterocycles. The average molecular weight is 383 g/mol. The normalized spacial score (nSPS) is 11.8. The maximum Gasteiger partial charge on any atom is 0.302 e. The van der Waals surface area contributed by atoms with Crippen LogP contribution in [0.4, 0.5) is 4.39 Å². The van der Waals surface area contributed by atoms with Gasteiger partial charge in [0, 0.05) is 12.5 Å². The predicted octanol–water partition coefficient (Wildman–Crippen LogP) is 2.32. The quantitative estimate of drug-likeness (QED) is 0.479. The van der Waals surface area contributed by atoms with Gasteiger partial charge in [0.2, 0.25) is 19.1 Å². The first-order chi connectivity index (χ1) is 11.8. The van der Waals surface area contributed by atoms with Crippen molar-refractivity contribution < 1.29 is 22.3 Å². The summed E-state index contributed by atoms with van der Waals surface area (Å²) in [5.41, 5.74) is 1.29. The molecule has 0 fully saturated rings. The number of rotatable bonds is 6. The van der Waals surface area contributed by atoms with Gasteiger partial charge in [-0.25, -0.2) is 22.3 Å². The molecule has 0 aliphatic carbocycles. The summed E-state index contributed by atoms with van der Waals surface area (Å²) >= 11 is 0.958. The standard InChI is InChI=1S/C15H14FN3O4S2/c1-10(20)23-7-2-8-25(21,22)15-18-19-9-13(17-14(19)24-15)11-3-5-12(16)6-4-11/h3-6,9H,2,7-8H2,1H3. The van der Waals surface area contributed by atoms with Crippen LogP contribution in [0.15, 0.2) is 34.8 Å². The highest BCUT2D eigenvalue weighted by atomic mass is 32.2. The van der Waals surface area contributed by atoms with E-state index in [0.717, 1.165) is 11.3 Å². The van der Waals surface area contributed by atoms with Gasteiger partial charge in [-0.1, -0.05) is 11.3 Å². The maximum atomic E-state index is 13.0. The topological polar surface area (TPSA) is 90.6 Å². The number of carbonyl (C=O) groups excluding carboxylic acids is 1. The molecule has 25 heavy (non-hydrogen) atoms. The molecule has 7 nitrogen and oxygen atoms in total. The van der Waals surface area contributed by atoms with Gasteiger partial charge in [0.15, 0.2) is 0 Å². The Morgan fingerprint density at radius 2 is 2.04 bits per heavy atom. The number of fused-ring (bicyclic) bond motifs is 1. The number of halogens is 1. The molecule has 132 valence electrons. The molecule has 0 aliphatic heterocycles. The fraction of sp³-hybridized carbons (Fsp3) is 0.267. The molecule has 2 aromatic heterocycles. The Bertz CT molecular complexity index is 978. The van der Waals surface area contributed by atoms with Gasteiger partial charge in [-0.3, -0.25) is 4.79 Å². The van der Waals surface area contributed by atoms with E-state index in [9.17, 15) is 17.6 Å². The summed E-state index contributed by atoms with van der Waals surface area (Å²) in [4.78, 5) is 15.4. The van der Waals surface area contributed by atoms with Crippen molar-refractivity contribution in [3.05, 3.63) is 36.3 Å². The van der Waals surface area contributed by atoms with Gasteiger partial charge in [0.1, 0.15) is 5.82 Å². The predicted molar refractivity (Wildman–Crippen MR) is 89.6 cm³/mol. The summed E-state index contributed by atoms with van der Waals surface area (Å²) in [5.74, 6) is -0.953. The zero-order valence-corrected chi connectivity index (χ0v) is 14.8. The highest BCUT2D eigenvalue weighted by Gasteiger charge is 2.21. The van der Waals surface area contributed by atoms with Crippen molar-refractivity contribution in [2.24, 2.45) is 0 Å². The number of benzene rings is 1. The Morgan fingerprint density at radius 1 is 1.32 bits per heavy atom. The molecule has 0 N–H and O–H groups in total. The Balaban J connectivity index is 1.76. The maximum absolute atomic E-state index is 13.0. The lowest BCUT2D eigenvalue weighted by atomic mass is 10.2. The van der Waals surface area contributed by atoms with Gasteiger partial charge in [-0.2, -0.15) is 0 Å². The summed E-state index contributed by atoms with van der Waals surface area (Å²) in [7, 11) is -3.57. The summed E-state index contributed by atoms with van der Waals surface area (Å²) < 4.78 is 43.6. The van der Waals surface area contributed by atoms with E-state index in [-0.39, 0.29) is 28.9 Å². The number of imidazole rings is 1. The molecule has 3 aromatic rings. The van der Waals surface area contributed by atoms with Crippen LogP contribution in [-0.2, 0) is 19.4 Å². The van der Waals surface area contributed by atoms with Crippen LogP contribution in [0.1, 0.15) is 13.3 Å². The molecule has 0 bridgehead atoms. The van der Waals surface area contributed by atoms with Crippen LogP contribution in [0.5, 0.6) is 0 Å². The highest BCUT2D eigenvalue weighted by molar-refractivity contribution is 7.93. The summed E-state index contributed by atoms with van der Waals surface area (Å²) in [5, 5.41) is 4.06. The van der Waals surface area contributed by atoms with E-state index in [2.05, 4.69) is 10.1 Å². The van der Waals surface area contributed by atoms with Gasteiger partial charge in [0.25, 0.3) is 0 Å². The number of aromatic nitrogens is 3. The number of hydrogen-bond acceptors (Lipinski definition) is 7. The van der Waals surface area contributed by atoms with E-state index in [1.165, 1.54) is 23.6 Å². The molecule has 10 heteroatoms. The molecule has 0 amide bonds. The second kappa shape index (κ2) is 6.89. The second-order valence-electron chi connectivity index (χ2n) is 5.24. The van der Waals surface area contributed by atoms with Crippen molar-refractivity contribution in [2.45, 2.75) is 17.7 Å². The molecule has 3 rings (SSSR count). The largest absolute Gasteiger partial charge is 0.466 e. The number of sulfone groups is 1. The van der Waals surface area contributed by atoms with Crippen molar-refractivity contribution in [2.75, 3.05) is 12.4 Å². The Hall–Kier alpha value is -2.33. The number of ether oxygens (including phenoxy) is 1. The van der Waals surface area contributed by atoms with Crippen LogP contribution >= 0.6 is 11.3 Å². The van der Waals surface area contributed by atoms with Gasteiger partial charge in [-0.05, 0) is 30.7 Å². The van der Waals surface area contributed by atoms with E-state index >= 15 is 0 Å².